The number of halogens is 2. The highest BCUT2D eigenvalue weighted by Crippen LogP contribution is 2.51. The molecule has 1 N–H and O–H groups in total. The van der Waals surface area contributed by atoms with Crippen LogP contribution in [-0.4, -0.2) is 5.91 Å². The second kappa shape index (κ2) is 2.56. The number of hydrogen-bond donors (Lipinski definition) is 1. The molecule has 15 heavy (non-hydrogen) atoms. The van der Waals surface area contributed by atoms with E-state index in [4.69, 9.17) is 0 Å². The predicted octanol–water partition coefficient (Wildman–Crippen LogP) is 2.34. The molecule has 2 nitrogen and oxygen atoms in total. The van der Waals surface area contributed by atoms with Gasteiger partial charge in [0, 0.05) is 11.8 Å². The van der Waals surface area contributed by atoms with E-state index < -0.39 is 17.0 Å². The van der Waals surface area contributed by atoms with E-state index in [1.807, 2.05) is 0 Å². The fourth-order valence-electron chi connectivity index (χ4n) is 2.44. The zero-order valence-corrected chi connectivity index (χ0v) is 7.94. The van der Waals surface area contributed by atoms with Crippen molar-refractivity contribution in [2.45, 2.75) is 24.7 Å². The molecule has 4 heteroatoms. The van der Waals surface area contributed by atoms with Gasteiger partial charge in [-0.1, -0.05) is 6.42 Å². The van der Waals surface area contributed by atoms with Crippen molar-refractivity contribution in [1.29, 1.82) is 0 Å². The average Bonchev–Trinajstić information content (AvgIpc) is 2.37. The van der Waals surface area contributed by atoms with Crippen LogP contribution in [0.2, 0.25) is 0 Å². The standard InChI is InChI=1S/C11H9F2NO/c12-7-4-6-9(5-8(7)13)14-10(15)11(6)2-1-3-11/h4-5H,1-3H2,(H,14,15). The van der Waals surface area contributed by atoms with Gasteiger partial charge in [0.05, 0.1) is 5.41 Å². The van der Waals surface area contributed by atoms with Crippen LogP contribution in [0.25, 0.3) is 0 Å². The molecule has 1 spiro atoms. The lowest BCUT2D eigenvalue weighted by Crippen LogP contribution is -2.40. The SMILES string of the molecule is O=C1Nc2cc(F)c(F)cc2C12CCC2. The molecule has 0 bridgehead atoms. The van der Waals surface area contributed by atoms with Crippen LogP contribution in [0.15, 0.2) is 12.1 Å². The molecule has 1 aliphatic carbocycles. The van der Waals surface area contributed by atoms with E-state index >= 15 is 0 Å². The highest BCUT2D eigenvalue weighted by atomic mass is 19.2. The minimum absolute atomic E-state index is 0.117. The minimum atomic E-state index is -0.912. The summed E-state index contributed by atoms with van der Waals surface area (Å²) in [6.07, 6.45) is 2.43. The molecule has 0 atom stereocenters. The van der Waals surface area contributed by atoms with Gasteiger partial charge in [0.25, 0.3) is 0 Å². The Morgan fingerprint density at radius 1 is 1.20 bits per heavy atom. The molecule has 1 heterocycles. The van der Waals surface area contributed by atoms with E-state index in [1.54, 1.807) is 0 Å². The number of rotatable bonds is 0. The fraction of sp³-hybridized carbons (Fsp3) is 0.364. The molecule has 2 aliphatic rings. The molecular weight excluding hydrogens is 200 g/mol. The largest absolute Gasteiger partial charge is 0.325 e. The first-order valence-electron chi connectivity index (χ1n) is 4.94. The number of nitrogens with one attached hydrogen (secondary N) is 1. The zero-order chi connectivity index (χ0) is 10.6. The lowest BCUT2D eigenvalue weighted by molar-refractivity contribution is -0.123. The zero-order valence-electron chi connectivity index (χ0n) is 7.94. The smallest absolute Gasteiger partial charge is 0.235 e. The molecule has 0 unspecified atom stereocenters. The fourth-order valence-corrected chi connectivity index (χ4v) is 2.44. The van der Waals surface area contributed by atoms with Gasteiger partial charge < -0.3 is 5.32 Å². The Morgan fingerprint density at radius 3 is 2.47 bits per heavy atom. The number of benzene rings is 1. The molecule has 0 radical (unpaired) electrons. The number of carbonyl (C=O) groups is 1. The van der Waals surface area contributed by atoms with Crippen LogP contribution in [0.3, 0.4) is 0 Å². The van der Waals surface area contributed by atoms with Crippen molar-refractivity contribution < 1.29 is 13.6 Å². The van der Waals surface area contributed by atoms with E-state index in [9.17, 15) is 13.6 Å². The summed E-state index contributed by atoms with van der Waals surface area (Å²) in [5.74, 6) is -1.91. The highest BCUT2D eigenvalue weighted by molar-refractivity contribution is 6.06. The predicted molar refractivity (Wildman–Crippen MR) is 50.5 cm³/mol. The number of fused-ring (bicyclic) bond motifs is 2. The molecular formula is C11H9F2NO. The third kappa shape index (κ3) is 0.940. The second-order valence-corrected chi connectivity index (χ2v) is 4.20. The van der Waals surface area contributed by atoms with Crippen molar-refractivity contribution >= 4 is 11.6 Å². The van der Waals surface area contributed by atoms with E-state index in [2.05, 4.69) is 5.32 Å². The summed E-state index contributed by atoms with van der Waals surface area (Å²) in [7, 11) is 0. The lowest BCUT2D eigenvalue weighted by Gasteiger charge is -2.36. The first-order chi connectivity index (χ1) is 7.13. The Balaban J connectivity index is 2.21. The van der Waals surface area contributed by atoms with Gasteiger partial charge in [0.2, 0.25) is 5.91 Å². The molecule has 78 valence electrons. The molecule has 1 fully saturated rings. The van der Waals surface area contributed by atoms with Gasteiger partial charge in [-0.05, 0) is 24.5 Å². The van der Waals surface area contributed by atoms with E-state index in [1.165, 1.54) is 0 Å². The van der Waals surface area contributed by atoms with Crippen LogP contribution in [0.5, 0.6) is 0 Å². The summed E-state index contributed by atoms with van der Waals surface area (Å²) in [5, 5.41) is 2.61. The first kappa shape index (κ1) is 8.83. The Kier molecular flexibility index (Phi) is 1.51. The van der Waals surface area contributed by atoms with Crippen LogP contribution in [-0.2, 0) is 10.2 Å². The summed E-state index contributed by atoms with van der Waals surface area (Å²) >= 11 is 0. The van der Waals surface area contributed by atoms with E-state index in [0.717, 1.165) is 31.4 Å². The maximum Gasteiger partial charge on any atom is 0.235 e. The third-order valence-electron chi connectivity index (χ3n) is 3.47. The molecule has 1 amide bonds. The topological polar surface area (TPSA) is 29.1 Å². The summed E-state index contributed by atoms with van der Waals surface area (Å²) in [5.41, 5.74) is 0.486. The Labute approximate surface area is 85.3 Å². The van der Waals surface area contributed by atoms with Crippen molar-refractivity contribution in [2.24, 2.45) is 0 Å². The number of anilines is 1. The van der Waals surface area contributed by atoms with Gasteiger partial charge in [-0.15, -0.1) is 0 Å². The summed E-state index contributed by atoms with van der Waals surface area (Å²) in [4.78, 5) is 11.7. The monoisotopic (exact) mass is 209 g/mol. The van der Waals surface area contributed by atoms with Gasteiger partial charge in [0.1, 0.15) is 0 Å². The third-order valence-corrected chi connectivity index (χ3v) is 3.47. The van der Waals surface area contributed by atoms with Crippen molar-refractivity contribution in [1.82, 2.24) is 0 Å². The second-order valence-electron chi connectivity index (χ2n) is 4.20. The van der Waals surface area contributed by atoms with Gasteiger partial charge in [-0.25, -0.2) is 8.78 Å². The Hall–Kier alpha value is -1.45. The number of hydrogen-bond acceptors (Lipinski definition) is 1. The lowest BCUT2D eigenvalue weighted by atomic mass is 9.65. The van der Waals surface area contributed by atoms with Crippen LogP contribution in [0, 0.1) is 11.6 Å². The molecule has 1 aromatic rings. The molecule has 1 aromatic carbocycles. The van der Waals surface area contributed by atoms with Gasteiger partial charge >= 0.3 is 0 Å². The summed E-state index contributed by atoms with van der Waals surface area (Å²) in [6, 6.07) is 2.22. The first-order valence-corrected chi connectivity index (χ1v) is 4.94. The van der Waals surface area contributed by atoms with Gasteiger partial charge in [-0.3, -0.25) is 4.79 Å². The van der Waals surface area contributed by atoms with Crippen molar-refractivity contribution in [3.63, 3.8) is 0 Å². The molecule has 1 aliphatic heterocycles. The molecule has 0 saturated heterocycles. The summed E-state index contributed by atoms with van der Waals surface area (Å²) in [6.45, 7) is 0. The van der Waals surface area contributed by atoms with E-state index in [0.29, 0.717) is 11.3 Å². The van der Waals surface area contributed by atoms with Crippen LogP contribution >= 0.6 is 0 Å². The Morgan fingerprint density at radius 2 is 1.87 bits per heavy atom. The number of amides is 1. The van der Waals surface area contributed by atoms with Gasteiger partial charge in [0.15, 0.2) is 11.6 Å². The summed E-state index contributed by atoms with van der Waals surface area (Å²) < 4.78 is 26.0. The Bertz CT molecular complexity index is 466. The highest BCUT2D eigenvalue weighted by Gasteiger charge is 2.51. The quantitative estimate of drug-likeness (QED) is 0.698. The van der Waals surface area contributed by atoms with Crippen molar-refractivity contribution in [2.75, 3.05) is 5.32 Å². The van der Waals surface area contributed by atoms with Crippen molar-refractivity contribution in [3.05, 3.63) is 29.3 Å². The maximum absolute atomic E-state index is 13.1. The maximum atomic E-state index is 13.1. The van der Waals surface area contributed by atoms with E-state index in [-0.39, 0.29) is 5.91 Å². The number of carbonyl (C=O) groups excluding carboxylic acids is 1. The normalized spacial score (nSPS) is 21.1. The van der Waals surface area contributed by atoms with Gasteiger partial charge in [-0.2, -0.15) is 0 Å². The average molecular weight is 209 g/mol. The molecule has 3 rings (SSSR count). The minimum Gasteiger partial charge on any atom is -0.325 e. The van der Waals surface area contributed by atoms with Crippen molar-refractivity contribution in [3.8, 4) is 0 Å². The van der Waals surface area contributed by atoms with Crippen LogP contribution in [0.4, 0.5) is 14.5 Å². The molecule has 0 aromatic heterocycles. The molecule has 1 saturated carbocycles. The van der Waals surface area contributed by atoms with Crippen LogP contribution < -0.4 is 5.32 Å². The van der Waals surface area contributed by atoms with Crippen LogP contribution in [0.1, 0.15) is 24.8 Å².